The van der Waals surface area contributed by atoms with Crippen LogP contribution in [0.5, 0.6) is 0 Å². The molecule has 5 heteroatoms. The molecule has 0 bridgehead atoms. The number of aliphatic carboxylic acids is 1. The summed E-state index contributed by atoms with van der Waals surface area (Å²) in [5.41, 5.74) is 1.02. The Hall–Kier alpha value is -1.17. The highest BCUT2D eigenvalue weighted by Gasteiger charge is 2.19. The number of rotatable bonds is 6. The van der Waals surface area contributed by atoms with Crippen molar-refractivity contribution in [3.63, 3.8) is 0 Å². The Kier molecular flexibility index (Phi) is 5.76. The molecular weight excluding hydrogens is 274 g/mol. The minimum Gasteiger partial charge on any atom is -0.478 e. The molecule has 1 aliphatic rings. The van der Waals surface area contributed by atoms with Crippen molar-refractivity contribution in [3.8, 4) is 0 Å². The predicted octanol–water partition coefficient (Wildman–Crippen LogP) is 2.70. The van der Waals surface area contributed by atoms with Gasteiger partial charge in [-0.3, -0.25) is 4.90 Å². The molecule has 0 atom stereocenters. The van der Waals surface area contributed by atoms with Crippen LogP contribution in [0.25, 0.3) is 6.08 Å². The van der Waals surface area contributed by atoms with Crippen LogP contribution in [0.3, 0.4) is 0 Å². The van der Waals surface area contributed by atoms with E-state index in [4.69, 9.17) is 9.84 Å². The summed E-state index contributed by atoms with van der Waals surface area (Å²) in [5, 5.41) is 10.7. The van der Waals surface area contributed by atoms with Gasteiger partial charge in [0.05, 0.1) is 0 Å². The fourth-order valence-electron chi connectivity index (χ4n) is 2.54. The van der Waals surface area contributed by atoms with Gasteiger partial charge in [0.2, 0.25) is 0 Å². The van der Waals surface area contributed by atoms with Crippen molar-refractivity contribution in [2.75, 3.05) is 26.8 Å². The lowest BCUT2D eigenvalue weighted by atomic mass is 9.98. The normalized spacial score (nSPS) is 17.9. The minimum atomic E-state index is -0.900. The van der Waals surface area contributed by atoms with Crippen LogP contribution in [0.2, 0.25) is 0 Å². The number of hydrogen-bond acceptors (Lipinski definition) is 4. The number of piperidine rings is 1. The second-order valence-corrected chi connectivity index (χ2v) is 6.15. The Bertz CT molecular complexity index is 461. The van der Waals surface area contributed by atoms with Gasteiger partial charge in [-0.2, -0.15) is 0 Å². The summed E-state index contributed by atoms with van der Waals surface area (Å²) in [6, 6.07) is 1.98. The van der Waals surface area contributed by atoms with Crippen molar-refractivity contribution in [2.24, 2.45) is 5.92 Å². The second kappa shape index (κ2) is 7.57. The van der Waals surface area contributed by atoms with Gasteiger partial charge in [0, 0.05) is 31.2 Å². The van der Waals surface area contributed by atoms with Crippen LogP contribution in [0.15, 0.2) is 17.5 Å². The molecule has 110 valence electrons. The zero-order valence-corrected chi connectivity index (χ0v) is 12.6. The highest BCUT2D eigenvalue weighted by Crippen LogP contribution is 2.24. The summed E-state index contributed by atoms with van der Waals surface area (Å²) in [7, 11) is 1.76. The van der Waals surface area contributed by atoms with Crippen LogP contribution in [0.1, 0.15) is 23.3 Å². The molecule has 1 aromatic heterocycles. The Morgan fingerprint density at radius 1 is 1.55 bits per heavy atom. The second-order valence-electron chi connectivity index (χ2n) is 5.15. The molecule has 20 heavy (non-hydrogen) atoms. The molecule has 0 spiro atoms. The van der Waals surface area contributed by atoms with Crippen molar-refractivity contribution < 1.29 is 14.6 Å². The van der Waals surface area contributed by atoms with Crippen molar-refractivity contribution >= 4 is 23.4 Å². The number of ether oxygens (including phenoxy) is 1. The van der Waals surface area contributed by atoms with Crippen LogP contribution in [-0.2, 0) is 16.1 Å². The van der Waals surface area contributed by atoms with E-state index in [0.29, 0.717) is 5.92 Å². The lowest BCUT2D eigenvalue weighted by Crippen LogP contribution is -2.34. The minimum absolute atomic E-state index is 0.686. The van der Waals surface area contributed by atoms with E-state index in [1.807, 2.05) is 11.4 Å². The van der Waals surface area contributed by atoms with Gasteiger partial charge >= 0.3 is 5.97 Å². The number of carboxylic acids is 1. The number of carbonyl (C=O) groups is 1. The van der Waals surface area contributed by atoms with Gasteiger partial charge in [-0.15, -0.1) is 11.3 Å². The van der Waals surface area contributed by atoms with Gasteiger partial charge in [-0.25, -0.2) is 4.79 Å². The first-order valence-corrected chi connectivity index (χ1v) is 7.75. The van der Waals surface area contributed by atoms with Gasteiger partial charge in [-0.1, -0.05) is 0 Å². The van der Waals surface area contributed by atoms with Crippen molar-refractivity contribution in [1.29, 1.82) is 0 Å². The number of thiophene rings is 1. The molecule has 0 amide bonds. The highest BCUT2D eigenvalue weighted by molar-refractivity contribution is 7.10. The van der Waals surface area contributed by atoms with Crippen molar-refractivity contribution in [3.05, 3.63) is 28.0 Å². The largest absolute Gasteiger partial charge is 0.478 e. The average molecular weight is 295 g/mol. The molecule has 4 nitrogen and oxygen atoms in total. The van der Waals surface area contributed by atoms with E-state index >= 15 is 0 Å². The van der Waals surface area contributed by atoms with Gasteiger partial charge < -0.3 is 9.84 Å². The first-order chi connectivity index (χ1) is 9.69. The van der Waals surface area contributed by atoms with Gasteiger partial charge in [0.25, 0.3) is 0 Å². The Morgan fingerprint density at radius 2 is 2.30 bits per heavy atom. The third-order valence-electron chi connectivity index (χ3n) is 3.66. The highest BCUT2D eigenvalue weighted by atomic mass is 32.1. The van der Waals surface area contributed by atoms with E-state index in [0.717, 1.165) is 31.8 Å². The zero-order valence-electron chi connectivity index (χ0n) is 11.7. The molecule has 1 saturated heterocycles. The Balaban J connectivity index is 1.88. The summed E-state index contributed by atoms with van der Waals surface area (Å²) in [4.78, 5) is 14.3. The number of hydrogen-bond donors (Lipinski definition) is 1. The summed E-state index contributed by atoms with van der Waals surface area (Å²) in [6.07, 6.45) is 5.25. The van der Waals surface area contributed by atoms with E-state index in [1.165, 1.54) is 23.8 Å². The molecule has 0 aliphatic carbocycles. The van der Waals surface area contributed by atoms with Crippen molar-refractivity contribution in [2.45, 2.75) is 19.4 Å². The summed E-state index contributed by atoms with van der Waals surface area (Å²) in [6.45, 7) is 3.96. The molecule has 1 aliphatic heterocycles. The molecule has 2 rings (SSSR count). The molecule has 0 aromatic carbocycles. The fourth-order valence-corrected chi connectivity index (χ4v) is 3.45. The topological polar surface area (TPSA) is 49.8 Å². The van der Waals surface area contributed by atoms with Gasteiger partial charge in [-0.05, 0) is 54.9 Å². The third kappa shape index (κ3) is 4.44. The lowest BCUT2D eigenvalue weighted by molar-refractivity contribution is -0.131. The van der Waals surface area contributed by atoms with E-state index in [9.17, 15) is 4.79 Å². The third-order valence-corrected chi connectivity index (χ3v) is 4.58. The Morgan fingerprint density at radius 3 is 2.95 bits per heavy atom. The van der Waals surface area contributed by atoms with E-state index in [1.54, 1.807) is 24.5 Å². The zero-order chi connectivity index (χ0) is 14.4. The molecule has 0 radical (unpaired) electrons. The number of carboxylic acid groups (broad SMARTS) is 1. The smallest absolute Gasteiger partial charge is 0.328 e. The molecule has 1 N–H and O–H groups in total. The molecule has 1 fully saturated rings. The van der Waals surface area contributed by atoms with E-state index in [-0.39, 0.29) is 0 Å². The molecule has 1 aromatic rings. The quantitative estimate of drug-likeness (QED) is 0.820. The average Bonchev–Trinajstić information content (AvgIpc) is 2.86. The predicted molar refractivity (Wildman–Crippen MR) is 80.9 cm³/mol. The standard InChI is InChI=1S/C15H21NO3S/c1-19-11-12-4-7-16(8-5-12)10-14-13(6-9-20-14)2-3-15(17)18/h2-3,6,9,12H,4-5,7-8,10-11H2,1H3,(H,17,18). The molecule has 2 heterocycles. The van der Waals surface area contributed by atoms with Gasteiger partial charge in [0.1, 0.15) is 0 Å². The van der Waals surface area contributed by atoms with Crippen LogP contribution in [0, 0.1) is 5.92 Å². The monoisotopic (exact) mass is 295 g/mol. The SMILES string of the molecule is COCC1CCN(Cc2sccc2C=CC(=O)O)CC1. The van der Waals surface area contributed by atoms with E-state index in [2.05, 4.69) is 4.90 Å². The van der Waals surface area contributed by atoms with Crippen LogP contribution >= 0.6 is 11.3 Å². The Labute approximate surface area is 123 Å². The summed E-state index contributed by atoms with van der Waals surface area (Å²) in [5.74, 6) is -0.214. The van der Waals surface area contributed by atoms with E-state index < -0.39 is 5.97 Å². The maximum absolute atomic E-state index is 10.6. The van der Waals surface area contributed by atoms with Crippen LogP contribution in [-0.4, -0.2) is 42.8 Å². The number of methoxy groups -OCH3 is 1. The summed E-state index contributed by atoms with van der Waals surface area (Å²) >= 11 is 1.70. The van der Waals surface area contributed by atoms with Crippen molar-refractivity contribution in [1.82, 2.24) is 4.90 Å². The van der Waals surface area contributed by atoms with Crippen LogP contribution < -0.4 is 0 Å². The molecule has 0 saturated carbocycles. The first-order valence-electron chi connectivity index (χ1n) is 6.87. The fraction of sp³-hybridized carbons (Fsp3) is 0.533. The number of nitrogens with zero attached hydrogens (tertiary/aromatic N) is 1. The maximum atomic E-state index is 10.6. The van der Waals surface area contributed by atoms with Gasteiger partial charge in [0.15, 0.2) is 0 Å². The molecule has 0 unspecified atom stereocenters. The lowest BCUT2D eigenvalue weighted by Gasteiger charge is -2.31. The first kappa shape index (κ1) is 15.2. The maximum Gasteiger partial charge on any atom is 0.328 e. The summed E-state index contributed by atoms with van der Waals surface area (Å²) < 4.78 is 5.21. The van der Waals surface area contributed by atoms with Crippen LogP contribution in [0.4, 0.5) is 0 Å². The number of likely N-dealkylation sites (tertiary alicyclic amines) is 1. The molecular formula is C15H21NO3S.